The highest BCUT2D eigenvalue weighted by Gasteiger charge is 2.21. The highest BCUT2D eigenvalue weighted by molar-refractivity contribution is 7.98. The highest BCUT2D eigenvalue weighted by Crippen LogP contribution is 2.20. The lowest BCUT2D eigenvalue weighted by Crippen LogP contribution is -2.48. The summed E-state index contributed by atoms with van der Waals surface area (Å²) in [5.41, 5.74) is 1.64. The van der Waals surface area contributed by atoms with E-state index in [-0.39, 0.29) is 18.4 Å². The first-order valence-electron chi connectivity index (χ1n) is 9.23. The van der Waals surface area contributed by atoms with Crippen LogP contribution in [0.15, 0.2) is 72.8 Å². The summed E-state index contributed by atoms with van der Waals surface area (Å²) < 4.78 is 0. The van der Waals surface area contributed by atoms with E-state index in [2.05, 4.69) is 41.0 Å². The van der Waals surface area contributed by atoms with Crippen molar-refractivity contribution in [2.45, 2.75) is 11.8 Å². The molecule has 0 fully saturated rings. The van der Waals surface area contributed by atoms with Gasteiger partial charge in [-0.25, -0.2) is 0 Å². The molecule has 0 heterocycles. The van der Waals surface area contributed by atoms with E-state index in [1.807, 2.05) is 24.3 Å². The van der Waals surface area contributed by atoms with Crippen molar-refractivity contribution in [1.82, 2.24) is 10.6 Å². The molecule has 1 atom stereocenters. The number of nitriles is 1. The number of nitrogens with zero attached hydrogens (tertiary/aromatic N) is 1. The molecule has 2 N–H and O–H groups in total. The fourth-order valence-corrected chi connectivity index (χ4v) is 3.89. The van der Waals surface area contributed by atoms with Gasteiger partial charge in [0.05, 0.1) is 6.07 Å². The Morgan fingerprint density at radius 1 is 0.966 bits per heavy atom. The van der Waals surface area contributed by atoms with Crippen LogP contribution in [0.4, 0.5) is 0 Å². The van der Waals surface area contributed by atoms with Gasteiger partial charge in [-0.05, 0) is 28.5 Å². The maximum Gasteiger partial charge on any atom is 0.251 e. The average molecular weight is 404 g/mol. The van der Waals surface area contributed by atoms with E-state index < -0.39 is 6.04 Å². The van der Waals surface area contributed by atoms with Gasteiger partial charge >= 0.3 is 0 Å². The van der Waals surface area contributed by atoms with Crippen LogP contribution in [0.2, 0.25) is 0 Å². The first-order valence-corrected chi connectivity index (χ1v) is 10.4. The lowest BCUT2D eigenvalue weighted by atomic mass is 10.1. The third-order valence-electron chi connectivity index (χ3n) is 4.37. The second-order valence-electron chi connectivity index (χ2n) is 6.46. The van der Waals surface area contributed by atoms with Gasteiger partial charge in [0.2, 0.25) is 5.91 Å². The van der Waals surface area contributed by atoms with Crippen molar-refractivity contribution in [1.29, 1.82) is 5.26 Å². The zero-order chi connectivity index (χ0) is 20.5. The number of rotatable bonds is 8. The minimum Gasteiger partial charge on any atom is -0.341 e. The molecule has 29 heavy (non-hydrogen) atoms. The van der Waals surface area contributed by atoms with Gasteiger partial charge in [0.15, 0.2) is 0 Å². The van der Waals surface area contributed by atoms with Gasteiger partial charge in [-0.2, -0.15) is 17.0 Å². The molecule has 1 unspecified atom stereocenters. The molecular weight excluding hydrogens is 382 g/mol. The number of nitrogens with one attached hydrogen (secondary N) is 2. The maximum atomic E-state index is 12.4. The summed E-state index contributed by atoms with van der Waals surface area (Å²) in [6.45, 7) is -0.0914. The Morgan fingerprint density at radius 3 is 2.45 bits per heavy atom. The van der Waals surface area contributed by atoms with Crippen molar-refractivity contribution in [2.75, 3.05) is 12.3 Å². The summed E-state index contributed by atoms with van der Waals surface area (Å²) >= 11 is 1.56. The van der Waals surface area contributed by atoms with Crippen LogP contribution >= 0.6 is 11.8 Å². The standard InChI is InChI=1S/C23H21N3O2S/c24-12-13-25-23(28)21(26-22(27)19-7-2-1-3-8-19)16-29-15-17-10-11-18-6-4-5-9-20(18)14-17/h1-11,14,21H,13,15-16H2,(H,25,28)(H,26,27). The number of hydrogen-bond acceptors (Lipinski definition) is 4. The van der Waals surface area contributed by atoms with E-state index in [1.165, 1.54) is 10.8 Å². The molecule has 0 radical (unpaired) electrons. The number of hydrogen-bond donors (Lipinski definition) is 2. The van der Waals surface area contributed by atoms with Crippen LogP contribution < -0.4 is 10.6 Å². The van der Waals surface area contributed by atoms with E-state index in [4.69, 9.17) is 5.26 Å². The topological polar surface area (TPSA) is 82.0 Å². The van der Waals surface area contributed by atoms with E-state index in [9.17, 15) is 9.59 Å². The molecular formula is C23H21N3O2S. The molecule has 0 aromatic heterocycles. The van der Waals surface area contributed by atoms with Crippen LogP contribution in [0.3, 0.4) is 0 Å². The molecule has 0 saturated carbocycles. The molecule has 3 rings (SSSR count). The molecule has 3 aromatic rings. The lowest BCUT2D eigenvalue weighted by Gasteiger charge is -2.17. The van der Waals surface area contributed by atoms with Gasteiger partial charge in [0, 0.05) is 17.1 Å². The maximum absolute atomic E-state index is 12.4. The van der Waals surface area contributed by atoms with Crippen molar-refractivity contribution in [2.24, 2.45) is 0 Å². The van der Waals surface area contributed by atoms with Gasteiger partial charge in [0.1, 0.15) is 12.6 Å². The normalized spacial score (nSPS) is 11.4. The Bertz CT molecular complexity index is 1030. The molecule has 0 spiro atoms. The summed E-state index contributed by atoms with van der Waals surface area (Å²) in [6, 6.07) is 24.4. The Morgan fingerprint density at radius 2 is 1.69 bits per heavy atom. The van der Waals surface area contributed by atoms with Gasteiger partial charge < -0.3 is 10.6 Å². The Labute approximate surface area is 174 Å². The lowest BCUT2D eigenvalue weighted by molar-refractivity contribution is -0.122. The van der Waals surface area contributed by atoms with Crippen LogP contribution in [0.25, 0.3) is 10.8 Å². The number of carbonyl (C=O) groups excluding carboxylic acids is 2. The summed E-state index contributed by atoms with van der Waals surface area (Å²) in [5.74, 6) is 0.451. The van der Waals surface area contributed by atoms with Crippen molar-refractivity contribution in [3.8, 4) is 6.07 Å². The predicted octanol–water partition coefficient (Wildman–Crippen LogP) is 3.51. The van der Waals surface area contributed by atoms with Crippen molar-refractivity contribution in [3.63, 3.8) is 0 Å². The molecule has 146 valence electrons. The van der Waals surface area contributed by atoms with Gasteiger partial charge in [0.25, 0.3) is 5.91 Å². The highest BCUT2D eigenvalue weighted by atomic mass is 32.2. The van der Waals surface area contributed by atoms with Crippen molar-refractivity contribution in [3.05, 3.63) is 83.9 Å². The van der Waals surface area contributed by atoms with Gasteiger partial charge in [-0.1, -0.05) is 60.7 Å². The number of carbonyl (C=O) groups is 2. The fourth-order valence-electron chi connectivity index (χ4n) is 2.89. The smallest absolute Gasteiger partial charge is 0.251 e. The molecule has 0 aliphatic heterocycles. The largest absolute Gasteiger partial charge is 0.341 e. The number of fused-ring (bicyclic) bond motifs is 1. The quantitative estimate of drug-likeness (QED) is 0.564. The fraction of sp³-hybridized carbons (Fsp3) is 0.174. The SMILES string of the molecule is N#CCNC(=O)C(CSCc1ccc2ccccc2c1)NC(=O)c1ccccc1. The van der Waals surface area contributed by atoms with Crippen LogP contribution in [0, 0.1) is 11.3 Å². The molecule has 3 aromatic carbocycles. The monoisotopic (exact) mass is 403 g/mol. The van der Waals surface area contributed by atoms with Crippen LogP contribution in [-0.4, -0.2) is 30.2 Å². The van der Waals surface area contributed by atoms with Gasteiger partial charge in [-0.15, -0.1) is 0 Å². The van der Waals surface area contributed by atoms with E-state index >= 15 is 0 Å². The molecule has 2 amide bonds. The summed E-state index contributed by atoms with van der Waals surface area (Å²) in [4.78, 5) is 24.8. The molecule has 5 nitrogen and oxygen atoms in total. The molecule has 0 aliphatic rings. The van der Waals surface area contributed by atoms with Crippen molar-refractivity contribution >= 4 is 34.3 Å². The zero-order valence-corrected chi connectivity index (χ0v) is 16.6. The summed E-state index contributed by atoms with van der Waals surface area (Å²) in [5, 5.41) is 16.4. The second-order valence-corrected chi connectivity index (χ2v) is 7.49. The minimum absolute atomic E-state index is 0.0914. The zero-order valence-electron chi connectivity index (χ0n) is 15.8. The molecule has 0 saturated heterocycles. The predicted molar refractivity (Wildman–Crippen MR) is 116 cm³/mol. The molecule has 0 aliphatic carbocycles. The van der Waals surface area contributed by atoms with Gasteiger partial charge in [-0.3, -0.25) is 9.59 Å². The summed E-state index contributed by atoms with van der Waals surface area (Å²) in [7, 11) is 0. The number of benzene rings is 3. The summed E-state index contributed by atoms with van der Waals surface area (Å²) in [6.07, 6.45) is 0. The van der Waals surface area contributed by atoms with Crippen LogP contribution in [0.5, 0.6) is 0 Å². The Hall–Kier alpha value is -3.30. The second kappa shape index (κ2) is 10.3. The van der Waals surface area contributed by atoms with E-state index in [0.29, 0.717) is 17.1 Å². The van der Waals surface area contributed by atoms with Crippen molar-refractivity contribution < 1.29 is 9.59 Å². The van der Waals surface area contributed by atoms with E-state index in [0.717, 1.165) is 5.56 Å². The molecule has 6 heteroatoms. The first kappa shape index (κ1) is 20.4. The van der Waals surface area contributed by atoms with Crippen LogP contribution in [-0.2, 0) is 10.5 Å². The third kappa shape index (κ3) is 5.84. The van der Waals surface area contributed by atoms with E-state index in [1.54, 1.807) is 36.0 Å². The number of amides is 2. The average Bonchev–Trinajstić information content (AvgIpc) is 2.77. The third-order valence-corrected chi connectivity index (χ3v) is 5.47. The minimum atomic E-state index is -0.721. The number of thioether (sulfide) groups is 1. The Kier molecular flexibility index (Phi) is 7.26. The Balaban J connectivity index is 1.63. The molecule has 0 bridgehead atoms. The first-order chi connectivity index (χ1) is 14.2. The van der Waals surface area contributed by atoms with Crippen LogP contribution in [0.1, 0.15) is 15.9 Å².